The number of likely N-dealkylation sites (tertiary alicyclic amines) is 1. The van der Waals surface area contributed by atoms with Crippen molar-refractivity contribution in [2.45, 2.75) is 95.2 Å². The highest BCUT2D eigenvalue weighted by Crippen LogP contribution is 2.68. The van der Waals surface area contributed by atoms with Gasteiger partial charge in [0, 0.05) is 59.6 Å². The number of aromatic nitrogens is 3. The normalized spacial score (nSPS) is 25.6. The van der Waals surface area contributed by atoms with Crippen molar-refractivity contribution in [2.24, 2.45) is 5.41 Å². The van der Waals surface area contributed by atoms with Crippen LogP contribution in [0.25, 0.3) is 21.1 Å². The molecule has 0 amide bonds. The molecular formula is C33H36F3N7S. The third-order valence-corrected chi connectivity index (χ3v) is 11.4. The van der Waals surface area contributed by atoms with Gasteiger partial charge in [0.15, 0.2) is 0 Å². The van der Waals surface area contributed by atoms with E-state index in [0.29, 0.717) is 27.0 Å². The van der Waals surface area contributed by atoms with Gasteiger partial charge in [0.25, 0.3) is 0 Å². The third kappa shape index (κ3) is 5.15. The van der Waals surface area contributed by atoms with Crippen LogP contribution in [0.15, 0.2) is 30.6 Å². The Balaban J connectivity index is 0.912. The molecule has 5 fully saturated rings. The number of aryl methyl sites for hydroxylation is 1. The van der Waals surface area contributed by atoms with Crippen LogP contribution in [0.1, 0.15) is 66.6 Å². The van der Waals surface area contributed by atoms with E-state index in [1.54, 1.807) is 6.07 Å². The van der Waals surface area contributed by atoms with Gasteiger partial charge in [-0.25, -0.2) is 9.97 Å². The molecule has 1 aromatic carbocycles. The van der Waals surface area contributed by atoms with Gasteiger partial charge in [0.05, 0.1) is 11.8 Å². The summed E-state index contributed by atoms with van der Waals surface area (Å²) >= 11 is 1.08. The lowest BCUT2D eigenvalue weighted by molar-refractivity contribution is -0.164. The van der Waals surface area contributed by atoms with E-state index in [0.717, 1.165) is 62.1 Å². The van der Waals surface area contributed by atoms with Crippen LogP contribution < -0.4 is 10.6 Å². The monoisotopic (exact) mass is 619 g/mol. The van der Waals surface area contributed by atoms with Gasteiger partial charge in [-0.3, -0.25) is 4.90 Å². The van der Waals surface area contributed by atoms with Gasteiger partial charge in [-0.05, 0) is 86.6 Å². The Hall–Kier alpha value is -3.20. The van der Waals surface area contributed by atoms with Crippen LogP contribution in [-0.2, 0) is 19.5 Å². The summed E-state index contributed by atoms with van der Waals surface area (Å²) in [7, 11) is 0. The van der Waals surface area contributed by atoms with Crippen LogP contribution in [-0.4, -0.2) is 56.3 Å². The van der Waals surface area contributed by atoms with Crippen LogP contribution in [0, 0.1) is 23.7 Å². The van der Waals surface area contributed by atoms with Crippen molar-refractivity contribution in [2.75, 3.05) is 18.4 Å². The minimum absolute atomic E-state index is 0.196. The molecule has 4 aromatic rings. The zero-order chi connectivity index (χ0) is 30.3. The molecule has 0 radical (unpaired) electrons. The summed E-state index contributed by atoms with van der Waals surface area (Å²) in [5, 5.41) is 19.2. The molecule has 0 spiro atoms. The van der Waals surface area contributed by atoms with Gasteiger partial charge < -0.3 is 15.2 Å². The van der Waals surface area contributed by atoms with Crippen LogP contribution in [0.2, 0.25) is 0 Å². The number of rotatable bonds is 9. The van der Waals surface area contributed by atoms with Crippen molar-refractivity contribution in [3.8, 4) is 6.07 Å². The first-order valence-electron chi connectivity index (χ1n) is 15.7. The fourth-order valence-electron chi connectivity index (χ4n) is 8.25. The maximum Gasteiger partial charge on any atom is 0.393 e. The van der Waals surface area contributed by atoms with Gasteiger partial charge in [0.1, 0.15) is 28.7 Å². The second kappa shape index (κ2) is 10.2. The molecular weight excluding hydrogens is 583 g/mol. The highest BCUT2D eigenvalue weighted by atomic mass is 32.1. The highest BCUT2D eigenvalue weighted by molar-refractivity contribution is 7.18. The lowest BCUT2D eigenvalue weighted by Crippen LogP contribution is -2.75. The van der Waals surface area contributed by atoms with Gasteiger partial charge in [0.2, 0.25) is 0 Å². The van der Waals surface area contributed by atoms with E-state index in [9.17, 15) is 18.4 Å². The van der Waals surface area contributed by atoms with Gasteiger partial charge in [-0.15, -0.1) is 11.3 Å². The second-order valence-electron chi connectivity index (χ2n) is 13.9. The maximum absolute atomic E-state index is 12.9. The molecule has 2 bridgehead atoms. The average molecular weight is 620 g/mol. The molecule has 0 unspecified atom stereocenters. The Labute approximate surface area is 258 Å². The van der Waals surface area contributed by atoms with Crippen molar-refractivity contribution in [3.05, 3.63) is 52.3 Å². The predicted molar refractivity (Wildman–Crippen MR) is 166 cm³/mol. The Morgan fingerprint density at radius 3 is 2.52 bits per heavy atom. The Kier molecular flexibility index (Phi) is 6.53. The molecule has 4 aliphatic carbocycles. The van der Waals surface area contributed by atoms with E-state index >= 15 is 0 Å². The number of nitrogens with one attached hydrogen (secondary N) is 2. The number of fused-ring (bicyclic) bond motifs is 2. The van der Waals surface area contributed by atoms with Crippen LogP contribution in [0.3, 0.4) is 0 Å². The van der Waals surface area contributed by atoms with Crippen molar-refractivity contribution in [3.63, 3.8) is 0 Å². The minimum Gasteiger partial charge on any atom is -0.367 e. The molecule has 7 nitrogen and oxygen atoms in total. The summed E-state index contributed by atoms with van der Waals surface area (Å²) in [6, 6.07) is 11.5. The SMILES string of the molecule is Cc1c(CN2CCC(Nc3ncnc4sc(CC(F)(F)F)cc34)CC2)ccc2c1cc(C#N)n2CC12CC(NC3CC3)(C1)C2. The van der Waals surface area contributed by atoms with E-state index in [1.807, 2.05) is 0 Å². The number of nitrogens with zero attached hydrogens (tertiary/aromatic N) is 5. The summed E-state index contributed by atoms with van der Waals surface area (Å²) in [6.45, 7) is 5.79. The molecule has 0 atom stereocenters. The number of piperidine rings is 1. The smallest absolute Gasteiger partial charge is 0.367 e. The number of nitriles is 1. The molecule has 2 N–H and O–H groups in total. The van der Waals surface area contributed by atoms with Crippen molar-refractivity contribution < 1.29 is 13.2 Å². The minimum atomic E-state index is -4.24. The van der Waals surface area contributed by atoms with Gasteiger partial charge in [-0.1, -0.05) is 6.07 Å². The highest BCUT2D eigenvalue weighted by Gasteiger charge is 2.68. The van der Waals surface area contributed by atoms with E-state index in [2.05, 4.69) is 61.3 Å². The first kappa shape index (κ1) is 28.3. The van der Waals surface area contributed by atoms with Crippen molar-refractivity contribution in [1.82, 2.24) is 24.8 Å². The molecule has 9 rings (SSSR count). The summed E-state index contributed by atoms with van der Waals surface area (Å²) < 4.78 is 41.1. The summed E-state index contributed by atoms with van der Waals surface area (Å²) in [6.07, 6.45) is 4.42. The summed E-state index contributed by atoms with van der Waals surface area (Å²) in [4.78, 5) is 11.9. The van der Waals surface area contributed by atoms with Crippen molar-refractivity contribution in [1.29, 1.82) is 5.26 Å². The molecule has 4 heterocycles. The first-order valence-corrected chi connectivity index (χ1v) is 16.5. The number of hydrogen-bond acceptors (Lipinski definition) is 7. The molecule has 11 heteroatoms. The molecule has 5 aliphatic rings. The molecule has 3 aromatic heterocycles. The first-order chi connectivity index (χ1) is 21.1. The van der Waals surface area contributed by atoms with Gasteiger partial charge >= 0.3 is 6.18 Å². The zero-order valence-electron chi connectivity index (χ0n) is 24.8. The topological polar surface area (TPSA) is 81.8 Å². The number of thiophene rings is 1. The van der Waals surface area contributed by atoms with Gasteiger partial charge in [-0.2, -0.15) is 18.4 Å². The quantitative estimate of drug-likeness (QED) is 0.218. The number of halogens is 3. The molecule has 44 heavy (non-hydrogen) atoms. The van der Waals surface area contributed by atoms with Crippen LogP contribution in [0.5, 0.6) is 0 Å². The Morgan fingerprint density at radius 1 is 1.05 bits per heavy atom. The standard InChI is InChI=1S/C33H36F3N7S/c1-20-21(2-5-28-26(20)10-24(13-37)43(28)18-31-15-32(16-31,17-31)41-23-3-4-23)14-42-8-6-22(7-9-42)40-29-27-11-25(12-33(34,35)36)44-30(27)39-19-38-29/h2,5,10-11,19,22-23,41H,3-4,6-9,12,14-18H2,1H3,(H,38,39,40). The number of hydrogen-bond donors (Lipinski definition) is 2. The fraction of sp³-hybridized carbons (Fsp3) is 0.545. The zero-order valence-corrected chi connectivity index (χ0v) is 25.6. The Morgan fingerprint density at radius 2 is 1.82 bits per heavy atom. The number of benzene rings is 1. The largest absolute Gasteiger partial charge is 0.393 e. The Bertz CT molecular complexity index is 1770. The summed E-state index contributed by atoms with van der Waals surface area (Å²) in [5.41, 5.74) is 5.19. The number of alkyl halides is 3. The van der Waals surface area contributed by atoms with E-state index in [4.69, 9.17) is 0 Å². The van der Waals surface area contributed by atoms with Crippen LogP contribution in [0.4, 0.5) is 19.0 Å². The molecule has 4 saturated carbocycles. The lowest BCUT2D eigenvalue weighted by atomic mass is 9.39. The second-order valence-corrected chi connectivity index (χ2v) is 15.0. The molecule has 1 saturated heterocycles. The fourth-order valence-corrected chi connectivity index (χ4v) is 9.27. The van der Waals surface area contributed by atoms with E-state index in [1.165, 1.54) is 60.5 Å². The lowest BCUT2D eigenvalue weighted by Gasteiger charge is -2.71. The average Bonchev–Trinajstić information content (AvgIpc) is 3.55. The molecule has 1 aliphatic heterocycles. The number of anilines is 1. The maximum atomic E-state index is 12.9. The van der Waals surface area contributed by atoms with E-state index in [-0.39, 0.29) is 10.9 Å². The van der Waals surface area contributed by atoms with Crippen molar-refractivity contribution >= 4 is 38.3 Å². The molecule has 230 valence electrons. The summed E-state index contributed by atoms with van der Waals surface area (Å²) in [5.74, 6) is 0.616. The predicted octanol–water partition coefficient (Wildman–Crippen LogP) is 6.68. The van der Waals surface area contributed by atoms with Crippen LogP contribution >= 0.6 is 11.3 Å². The van der Waals surface area contributed by atoms with E-state index < -0.39 is 12.6 Å². The third-order valence-electron chi connectivity index (χ3n) is 10.4.